The van der Waals surface area contributed by atoms with Crippen LogP contribution in [0.3, 0.4) is 0 Å². The first-order chi connectivity index (χ1) is 11.0. The van der Waals surface area contributed by atoms with Crippen molar-refractivity contribution in [1.29, 1.82) is 0 Å². The van der Waals surface area contributed by atoms with Crippen LogP contribution in [0.1, 0.15) is 30.9 Å². The second kappa shape index (κ2) is 9.84. The third kappa shape index (κ3) is 5.94. The van der Waals surface area contributed by atoms with Gasteiger partial charge in [-0.1, -0.05) is 23.7 Å². The van der Waals surface area contributed by atoms with Gasteiger partial charge in [0.15, 0.2) is 0 Å². The molecule has 0 spiro atoms. The molecule has 0 aliphatic carbocycles. The molecule has 1 heterocycles. The fourth-order valence-corrected chi connectivity index (χ4v) is 2.93. The summed E-state index contributed by atoms with van der Waals surface area (Å²) in [6, 6.07) is 5.81. The third-order valence-corrected chi connectivity index (χ3v) is 4.28. The lowest BCUT2D eigenvalue weighted by molar-refractivity contribution is -0.125. The number of amides is 2. The molecule has 6 nitrogen and oxygen atoms in total. The highest BCUT2D eigenvalue weighted by Crippen LogP contribution is 2.22. The number of nitrogens with two attached hydrogens (primary N) is 2. The van der Waals surface area contributed by atoms with Crippen LogP contribution < -0.4 is 16.8 Å². The van der Waals surface area contributed by atoms with E-state index in [0.717, 1.165) is 18.4 Å². The number of carbonyl (C=O) groups is 2. The Labute approximate surface area is 152 Å². The van der Waals surface area contributed by atoms with Crippen LogP contribution in [0, 0.1) is 5.92 Å². The fourth-order valence-electron chi connectivity index (χ4n) is 2.73. The molecule has 1 aliphatic rings. The average Bonchev–Trinajstić information content (AvgIpc) is 2.54. The Balaban J connectivity index is 0.00000288. The Morgan fingerprint density at radius 3 is 2.58 bits per heavy atom. The van der Waals surface area contributed by atoms with Crippen molar-refractivity contribution in [2.75, 3.05) is 13.2 Å². The Hall–Kier alpha value is -1.34. The lowest BCUT2D eigenvalue weighted by Crippen LogP contribution is -2.48. The maximum Gasteiger partial charge on any atom is 0.237 e. The summed E-state index contributed by atoms with van der Waals surface area (Å²) in [4.78, 5) is 23.7. The smallest absolute Gasteiger partial charge is 0.237 e. The summed E-state index contributed by atoms with van der Waals surface area (Å²) in [5, 5.41) is 3.35. The summed E-state index contributed by atoms with van der Waals surface area (Å²) in [6.45, 7) is 1.23. The van der Waals surface area contributed by atoms with Gasteiger partial charge in [-0.2, -0.15) is 0 Å². The van der Waals surface area contributed by atoms with E-state index in [2.05, 4.69) is 5.32 Å². The standard InChI is InChI=1S/C16H22ClN3O3.ClH/c17-12-3-1-2-11(8-12)13(9-14(18)21)20-16(22)15(19)10-4-6-23-7-5-10;/h1-3,8,10,13,15H,4-7,9,19H2,(H2,18,21)(H,20,22);1H/t13-,15?;/m1./s1. The molecule has 1 unspecified atom stereocenters. The van der Waals surface area contributed by atoms with E-state index < -0.39 is 18.0 Å². The minimum Gasteiger partial charge on any atom is -0.381 e. The predicted molar refractivity (Wildman–Crippen MR) is 94.9 cm³/mol. The molecule has 5 N–H and O–H groups in total. The molecule has 0 bridgehead atoms. The number of rotatable bonds is 6. The van der Waals surface area contributed by atoms with Crippen LogP contribution in [0.4, 0.5) is 0 Å². The van der Waals surface area contributed by atoms with Crippen LogP contribution in [-0.2, 0) is 14.3 Å². The first kappa shape index (κ1) is 20.7. The highest BCUT2D eigenvalue weighted by molar-refractivity contribution is 6.30. The van der Waals surface area contributed by atoms with Crippen molar-refractivity contribution in [3.05, 3.63) is 34.9 Å². The molecule has 1 saturated heterocycles. The van der Waals surface area contributed by atoms with Crippen molar-refractivity contribution in [2.24, 2.45) is 17.4 Å². The molecule has 2 amide bonds. The normalized spacial score (nSPS) is 17.4. The van der Waals surface area contributed by atoms with Crippen LogP contribution >= 0.6 is 24.0 Å². The quantitative estimate of drug-likeness (QED) is 0.700. The van der Waals surface area contributed by atoms with E-state index in [1.54, 1.807) is 24.3 Å². The second-order valence-electron chi connectivity index (χ2n) is 5.76. The lowest BCUT2D eigenvalue weighted by atomic mass is 9.91. The van der Waals surface area contributed by atoms with Gasteiger partial charge < -0.3 is 21.5 Å². The predicted octanol–water partition coefficient (Wildman–Crippen LogP) is 1.55. The van der Waals surface area contributed by atoms with Gasteiger partial charge in [-0.05, 0) is 36.5 Å². The first-order valence-corrected chi connectivity index (χ1v) is 8.02. The van der Waals surface area contributed by atoms with Gasteiger partial charge in [-0.25, -0.2) is 0 Å². The van der Waals surface area contributed by atoms with Crippen molar-refractivity contribution >= 4 is 35.8 Å². The van der Waals surface area contributed by atoms with Gasteiger partial charge in [0, 0.05) is 18.2 Å². The molecule has 134 valence electrons. The topological polar surface area (TPSA) is 107 Å². The number of hydrogen-bond acceptors (Lipinski definition) is 4. The summed E-state index contributed by atoms with van der Waals surface area (Å²) >= 11 is 5.98. The third-order valence-electron chi connectivity index (χ3n) is 4.05. The van der Waals surface area contributed by atoms with Crippen LogP contribution in [-0.4, -0.2) is 31.1 Å². The van der Waals surface area contributed by atoms with Gasteiger partial charge in [-0.3, -0.25) is 9.59 Å². The SMILES string of the molecule is Cl.NC(=O)C[C@@H](NC(=O)C(N)C1CCOCC1)c1cccc(Cl)c1. The maximum atomic E-state index is 12.4. The van der Waals surface area contributed by atoms with E-state index in [4.69, 9.17) is 27.8 Å². The van der Waals surface area contributed by atoms with E-state index in [1.165, 1.54) is 0 Å². The highest BCUT2D eigenvalue weighted by Gasteiger charge is 2.28. The number of carbonyl (C=O) groups excluding carboxylic acids is 2. The average molecular weight is 376 g/mol. The molecular formula is C16H23Cl2N3O3. The Kier molecular flexibility index (Phi) is 8.48. The van der Waals surface area contributed by atoms with Gasteiger partial charge in [0.25, 0.3) is 0 Å². The monoisotopic (exact) mass is 375 g/mol. The molecule has 0 saturated carbocycles. The zero-order valence-corrected chi connectivity index (χ0v) is 14.8. The molecule has 1 aromatic rings. The molecule has 1 aromatic carbocycles. The molecule has 8 heteroatoms. The van der Waals surface area contributed by atoms with Gasteiger partial charge in [0.1, 0.15) is 0 Å². The molecule has 2 atom stereocenters. The molecule has 0 aromatic heterocycles. The number of halogens is 2. The molecule has 0 radical (unpaired) electrons. The number of nitrogens with one attached hydrogen (secondary N) is 1. The van der Waals surface area contributed by atoms with Gasteiger partial charge in [0.05, 0.1) is 18.5 Å². The number of ether oxygens (including phenoxy) is 1. The van der Waals surface area contributed by atoms with Gasteiger partial charge >= 0.3 is 0 Å². The summed E-state index contributed by atoms with van der Waals surface area (Å²) in [7, 11) is 0. The maximum absolute atomic E-state index is 12.4. The largest absolute Gasteiger partial charge is 0.381 e. The van der Waals surface area contributed by atoms with Gasteiger partial charge in [-0.15, -0.1) is 12.4 Å². The fraction of sp³-hybridized carbons (Fsp3) is 0.500. The summed E-state index contributed by atoms with van der Waals surface area (Å²) in [6.07, 6.45) is 1.51. The van der Waals surface area contributed by atoms with Crippen molar-refractivity contribution in [3.63, 3.8) is 0 Å². The van der Waals surface area contributed by atoms with Crippen LogP contribution in [0.5, 0.6) is 0 Å². The number of hydrogen-bond donors (Lipinski definition) is 3. The highest BCUT2D eigenvalue weighted by atomic mass is 35.5. The van der Waals surface area contributed by atoms with E-state index >= 15 is 0 Å². The molecule has 24 heavy (non-hydrogen) atoms. The Morgan fingerprint density at radius 2 is 2.00 bits per heavy atom. The van der Waals surface area contributed by atoms with E-state index in [-0.39, 0.29) is 30.7 Å². The van der Waals surface area contributed by atoms with Crippen LogP contribution in [0.15, 0.2) is 24.3 Å². The molecule has 1 aliphatic heterocycles. The first-order valence-electron chi connectivity index (χ1n) is 7.65. The van der Waals surface area contributed by atoms with E-state index in [0.29, 0.717) is 18.2 Å². The Bertz CT molecular complexity index is 565. The summed E-state index contributed by atoms with van der Waals surface area (Å²) in [5.41, 5.74) is 12.1. The number of primary amides is 1. The van der Waals surface area contributed by atoms with Gasteiger partial charge in [0.2, 0.25) is 11.8 Å². The minimum atomic E-state index is -0.631. The zero-order chi connectivity index (χ0) is 16.8. The van der Waals surface area contributed by atoms with Crippen molar-refractivity contribution in [3.8, 4) is 0 Å². The van der Waals surface area contributed by atoms with E-state index in [9.17, 15) is 9.59 Å². The number of benzene rings is 1. The molecule has 1 fully saturated rings. The van der Waals surface area contributed by atoms with Crippen LogP contribution in [0.25, 0.3) is 0 Å². The Morgan fingerprint density at radius 1 is 1.33 bits per heavy atom. The van der Waals surface area contributed by atoms with Crippen molar-refractivity contribution in [1.82, 2.24) is 5.32 Å². The second-order valence-corrected chi connectivity index (χ2v) is 6.20. The van der Waals surface area contributed by atoms with E-state index in [1.807, 2.05) is 0 Å². The molecule has 2 rings (SSSR count). The summed E-state index contributed by atoms with van der Waals surface area (Å²) < 4.78 is 5.28. The van der Waals surface area contributed by atoms with Crippen molar-refractivity contribution < 1.29 is 14.3 Å². The molecular weight excluding hydrogens is 353 g/mol. The zero-order valence-electron chi connectivity index (χ0n) is 13.2. The minimum absolute atomic E-state index is 0. The van der Waals surface area contributed by atoms with Crippen LogP contribution in [0.2, 0.25) is 5.02 Å². The van der Waals surface area contributed by atoms with Crippen molar-refractivity contribution in [2.45, 2.75) is 31.3 Å². The summed E-state index contributed by atoms with van der Waals surface area (Å²) in [5.74, 6) is -0.713. The lowest BCUT2D eigenvalue weighted by Gasteiger charge is -2.28.